The third kappa shape index (κ3) is 7.13. The number of ketones is 2. The van der Waals surface area contributed by atoms with Crippen molar-refractivity contribution in [3.63, 3.8) is 0 Å². The molecule has 2 amide bonds. The lowest BCUT2D eigenvalue weighted by molar-refractivity contribution is -0.149. The summed E-state index contributed by atoms with van der Waals surface area (Å²) in [6, 6.07) is 0. The first-order chi connectivity index (χ1) is 12.3. The quantitative estimate of drug-likeness (QED) is 0.565. The van der Waals surface area contributed by atoms with Crippen LogP contribution in [0.2, 0.25) is 0 Å². The van der Waals surface area contributed by atoms with E-state index in [9.17, 15) is 19.2 Å². The number of Topliss-reactive ketones (excluding diaryl/α,β-unsaturated/α-hetero) is 2. The number of hydrogen-bond donors (Lipinski definition) is 1. The Morgan fingerprint density at radius 1 is 0.786 bits per heavy atom. The molecule has 8 nitrogen and oxygen atoms in total. The van der Waals surface area contributed by atoms with Crippen molar-refractivity contribution in [3.8, 4) is 0 Å². The van der Waals surface area contributed by atoms with Crippen LogP contribution >= 0.6 is 0 Å². The molecule has 0 radical (unpaired) electrons. The number of hydrogen-bond acceptors (Lipinski definition) is 6. The first kappa shape index (κ1) is 25.9. The fraction of sp³-hybridized carbons (Fsp3) is 0.800. The van der Waals surface area contributed by atoms with Crippen molar-refractivity contribution in [2.75, 3.05) is 0 Å². The molecule has 1 N–H and O–H groups in total. The highest BCUT2D eigenvalue weighted by Gasteiger charge is 2.53. The zero-order valence-electron chi connectivity index (χ0n) is 19.1. The average Bonchev–Trinajstić information content (AvgIpc) is 2.45. The normalized spacial score (nSPS) is 14.5. The lowest BCUT2D eigenvalue weighted by Gasteiger charge is -2.41. The SMILES string of the molecule is CCC(=O)C(C)(C(=O)C(C)(C)C)N(NC(=O)OC(C)(C)C)C(=O)OC(C)(C)C. The zero-order valence-corrected chi connectivity index (χ0v) is 19.1. The fourth-order valence-corrected chi connectivity index (χ4v) is 2.47. The minimum Gasteiger partial charge on any atom is -0.443 e. The molecule has 0 aromatic heterocycles. The van der Waals surface area contributed by atoms with Gasteiger partial charge < -0.3 is 9.47 Å². The van der Waals surface area contributed by atoms with Crippen LogP contribution in [-0.2, 0) is 19.1 Å². The Morgan fingerprint density at radius 2 is 1.21 bits per heavy atom. The molecule has 0 aromatic rings. The predicted molar refractivity (Wildman–Crippen MR) is 106 cm³/mol. The van der Waals surface area contributed by atoms with Crippen LogP contribution in [0.15, 0.2) is 0 Å². The van der Waals surface area contributed by atoms with Gasteiger partial charge in [-0.2, -0.15) is 5.01 Å². The van der Waals surface area contributed by atoms with Gasteiger partial charge in [-0.3, -0.25) is 9.59 Å². The average molecular weight is 401 g/mol. The van der Waals surface area contributed by atoms with Gasteiger partial charge in [0.05, 0.1) is 0 Å². The molecular weight excluding hydrogens is 364 g/mol. The summed E-state index contributed by atoms with van der Waals surface area (Å²) < 4.78 is 10.5. The number of hydrazine groups is 1. The van der Waals surface area contributed by atoms with E-state index in [1.54, 1.807) is 69.2 Å². The van der Waals surface area contributed by atoms with Gasteiger partial charge in [-0.1, -0.05) is 27.7 Å². The Balaban J connectivity index is 6.33. The van der Waals surface area contributed by atoms with Crippen LogP contribution in [0.3, 0.4) is 0 Å². The molecule has 0 aliphatic rings. The van der Waals surface area contributed by atoms with Gasteiger partial charge in [0.1, 0.15) is 11.2 Å². The second-order valence-electron chi connectivity index (χ2n) is 9.86. The van der Waals surface area contributed by atoms with Crippen molar-refractivity contribution >= 4 is 23.8 Å². The summed E-state index contributed by atoms with van der Waals surface area (Å²) >= 11 is 0. The predicted octanol–water partition coefficient (Wildman–Crippen LogP) is 4.02. The van der Waals surface area contributed by atoms with Crippen LogP contribution in [0.4, 0.5) is 9.59 Å². The molecule has 28 heavy (non-hydrogen) atoms. The number of amides is 2. The van der Waals surface area contributed by atoms with Crippen molar-refractivity contribution in [1.82, 2.24) is 10.4 Å². The second-order valence-corrected chi connectivity index (χ2v) is 9.86. The Bertz CT molecular complexity index is 622. The van der Waals surface area contributed by atoms with E-state index >= 15 is 0 Å². The maximum Gasteiger partial charge on any atom is 0.430 e. The monoisotopic (exact) mass is 400 g/mol. The van der Waals surface area contributed by atoms with Gasteiger partial charge in [-0.15, -0.1) is 0 Å². The standard InChI is InChI=1S/C20H36N2O6/c1-12-13(23)20(11,14(24)17(2,3)4)22(16(26)28-19(8,9)10)21-15(25)27-18(5,6)7/h12H2,1-11H3,(H,21,25). The number of nitrogens with one attached hydrogen (secondary N) is 1. The van der Waals surface area contributed by atoms with Crippen molar-refractivity contribution < 1.29 is 28.7 Å². The number of carbonyl (C=O) groups is 4. The van der Waals surface area contributed by atoms with E-state index in [0.717, 1.165) is 0 Å². The number of rotatable bonds is 4. The molecule has 162 valence electrons. The summed E-state index contributed by atoms with van der Waals surface area (Å²) in [5.41, 5.74) is -2.42. The molecule has 0 saturated heterocycles. The molecule has 1 atom stereocenters. The topological polar surface area (TPSA) is 102 Å². The smallest absolute Gasteiger partial charge is 0.430 e. The maximum absolute atomic E-state index is 13.2. The van der Waals surface area contributed by atoms with E-state index in [0.29, 0.717) is 5.01 Å². The van der Waals surface area contributed by atoms with Gasteiger partial charge >= 0.3 is 12.2 Å². The van der Waals surface area contributed by atoms with Crippen LogP contribution in [0, 0.1) is 5.41 Å². The molecule has 0 aliphatic carbocycles. The Kier molecular flexibility index (Phi) is 7.85. The van der Waals surface area contributed by atoms with Gasteiger partial charge in [0.25, 0.3) is 0 Å². The number of ether oxygens (including phenoxy) is 2. The summed E-state index contributed by atoms with van der Waals surface area (Å²) in [5.74, 6) is -1.07. The van der Waals surface area contributed by atoms with E-state index in [1.807, 2.05) is 0 Å². The molecule has 0 rings (SSSR count). The van der Waals surface area contributed by atoms with Gasteiger partial charge in [0.2, 0.25) is 0 Å². The lowest BCUT2D eigenvalue weighted by atomic mass is 9.76. The van der Waals surface area contributed by atoms with Crippen molar-refractivity contribution in [3.05, 3.63) is 0 Å². The highest BCUT2D eigenvalue weighted by molar-refractivity contribution is 6.14. The highest BCUT2D eigenvalue weighted by Crippen LogP contribution is 2.30. The van der Waals surface area contributed by atoms with Crippen molar-refractivity contribution in [1.29, 1.82) is 0 Å². The van der Waals surface area contributed by atoms with E-state index in [2.05, 4.69) is 5.43 Å². The van der Waals surface area contributed by atoms with Gasteiger partial charge in [-0.05, 0) is 48.5 Å². The lowest BCUT2D eigenvalue weighted by Crippen LogP contribution is -2.68. The molecule has 8 heteroatoms. The van der Waals surface area contributed by atoms with Crippen LogP contribution < -0.4 is 5.43 Å². The van der Waals surface area contributed by atoms with Crippen LogP contribution in [0.25, 0.3) is 0 Å². The summed E-state index contributed by atoms with van der Waals surface area (Å²) in [5, 5.41) is 0.658. The van der Waals surface area contributed by atoms with E-state index in [1.165, 1.54) is 6.92 Å². The highest BCUT2D eigenvalue weighted by atomic mass is 16.6. The summed E-state index contributed by atoms with van der Waals surface area (Å²) in [6.07, 6.45) is -2.02. The summed E-state index contributed by atoms with van der Waals surface area (Å²) in [6.45, 7) is 17.7. The molecule has 0 spiro atoms. The van der Waals surface area contributed by atoms with Crippen molar-refractivity contribution in [2.24, 2.45) is 5.41 Å². The first-order valence-corrected chi connectivity index (χ1v) is 9.36. The Hall–Kier alpha value is -2.12. The number of nitrogens with zero attached hydrogens (tertiary/aromatic N) is 1. The molecule has 0 aliphatic heterocycles. The third-order valence-corrected chi connectivity index (χ3v) is 3.61. The summed E-state index contributed by atoms with van der Waals surface area (Å²) in [7, 11) is 0. The number of carbonyl (C=O) groups excluding carboxylic acids is 4. The summed E-state index contributed by atoms with van der Waals surface area (Å²) in [4.78, 5) is 51.3. The van der Waals surface area contributed by atoms with Crippen molar-refractivity contribution in [2.45, 2.75) is 99.3 Å². The fourth-order valence-electron chi connectivity index (χ4n) is 2.47. The zero-order chi connectivity index (χ0) is 22.7. The van der Waals surface area contributed by atoms with Gasteiger partial charge in [0, 0.05) is 11.8 Å². The van der Waals surface area contributed by atoms with E-state index in [-0.39, 0.29) is 6.42 Å². The largest absolute Gasteiger partial charge is 0.443 e. The molecule has 0 fully saturated rings. The van der Waals surface area contributed by atoms with E-state index in [4.69, 9.17) is 9.47 Å². The molecule has 0 aromatic carbocycles. The van der Waals surface area contributed by atoms with Gasteiger partial charge in [0.15, 0.2) is 17.1 Å². The Morgan fingerprint density at radius 3 is 1.54 bits per heavy atom. The maximum atomic E-state index is 13.2. The Labute approximate surface area is 168 Å². The van der Waals surface area contributed by atoms with Gasteiger partial charge in [-0.25, -0.2) is 15.0 Å². The molecule has 0 heterocycles. The molecule has 0 bridgehead atoms. The molecular formula is C20H36N2O6. The van der Waals surface area contributed by atoms with Crippen LogP contribution in [-0.4, -0.2) is 45.5 Å². The second kappa shape index (κ2) is 8.49. The minimum atomic E-state index is -1.97. The van der Waals surface area contributed by atoms with Crippen LogP contribution in [0.5, 0.6) is 0 Å². The molecule has 0 saturated carbocycles. The van der Waals surface area contributed by atoms with Crippen LogP contribution in [0.1, 0.15) is 82.6 Å². The minimum absolute atomic E-state index is 0.0202. The first-order valence-electron chi connectivity index (χ1n) is 9.36. The third-order valence-electron chi connectivity index (χ3n) is 3.61. The molecule has 1 unspecified atom stereocenters. The van der Waals surface area contributed by atoms with E-state index < -0.39 is 45.9 Å².